The first-order valence-electron chi connectivity index (χ1n) is 4.02. The highest BCUT2D eigenvalue weighted by Gasteiger charge is 1.85. The minimum Gasteiger partial charge on any atom is -0.330 e. The van der Waals surface area contributed by atoms with Crippen LogP contribution in [0.15, 0.2) is 0 Å². The van der Waals surface area contributed by atoms with Gasteiger partial charge >= 0.3 is 0 Å². The molecule has 0 fully saturated rings. The average Bonchev–Trinajstić information content (AvgIpc) is 1.97. The summed E-state index contributed by atoms with van der Waals surface area (Å²) in [6, 6.07) is 0. The van der Waals surface area contributed by atoms with Gasteiger partial charge in [0.15, 0.2) is 0 Å². The molecule has 5 N–H and O–H groups in total. The van der Waals surface area contributed by atoms with Crippen LogP contribution in [0, 0.1) is 0 Å². The number of hydrogen-bond donors (Lipinski definition) is 3. The van der Waals surface area contributed by atoms with E-state index < -0.39 is 0 Å². The largest absolute Gasteiger partial charge is 0.330 e. The monoisotopic (exact) mass is 161 g/mol. The van der Waals surface area contributed by atoms with E-state index in [2.05, 4.69) is 5.32 Å². The summed E-state index contributed by atoms with van der Waals surface area (Å²) < 4.78 is 0. The summed E-state index contributed by atoms with van der Waals surface area (Å²) >= 11 is 0. The molecular formula is C8H23N3. The van der Waals surface area contributed by atoms with Crippen LogP contribution in [0.4, 0.5) is 0 Å². The van der Waals surface area contributed by atoms with Crippen molar-refractivity contribution < 1.29 is 0 Å². The van der Waals surface area contributed by atoms with E-state index in [4.69, 9.17) is 11.5 Å². The van der Waals surface area contributed by atoms with Crippen LogP contribution in [0.2, 0.25) is 0 Å². The molecule has 0 aliphatic rings. The molecule has 3 heteroatoms. The molecule has 0 aromatic heterocycles. The molecule has 0 bridgehead atoms. The normalized spacial score (nSPS) is 9.27. The predicted molar refractivity (Wildman–Crippen MR) is 51.6 cm³/mol. The van der Waals surface area contributed by atoms with Gasteiger partial charge in [0, 0.05) is 0 Å². The molecule has 0 unspecified atom stereocenters. The van der Waals surface area contributed by atoms with E-state index in [-0.39, 0.29) is 7.43 Å². The van der Waals surface area contributed by atoms with Crippen LogP contribution in [-0.4, -0.2) is 26.2 Å². The van der Waals surface area contributed by atoms with Gasteiger partial charge in [-0.05, 0) is 45.4 Å². The first-order valence-corrected chi connectivity index (χ1v) is 4.02. The van der Waals surface area contributed by atoms with Crippen molar-refractivity contribution in [2.24, 2.45) is 11.5 Å². The Morgan fingerprint density at radius 2 is 1.36 bits per heavy atom. The summed E-state index contributed by atoms with van der Waals surface area (Å²) in [6.07, 6.45) is 3.37. The van der Waals surface area contributed by atoms with E-state index in [1.165, 1.54) is 6.42 Å². The van der Waals surface area contributed by atoms with E-state index in [0.717, 1.165) is 39.0 Å². The van der Waals surface area contributed by atoms with Gasteiger partial charge in [-0.2, -0.15) is 0 Å². The summed E-state index contributed by atoms with van der Waals surface area (Å²) in [5.74, 6) is 0. The molecule has 0 aromatic carbocycles. The van der Waals surface area contributed by atoms with Crippen molar-refractivity contribution in [3.05, 3.63) is 0 Å². The summed E-state index contributed by atoms with van der Waals surface area (Å²) in [7, 11) is 0. The van der Waals surface area contributed by atoms with Crippen LogP contribution < -0.4 is 16.8 Å². The lowest BCUT2D eigenvalue weighted by Gasteiger charge is -2.01. The standard InChI is InChI=1S/C7H19N3.CH4/c8-4-1-2-6-10-7-3-5-9;/h10H,1-9H2;1H4. The lowest BCUT2D eigenvalue weighted by atomic mass is 10.3. The third-order valence-electron chi connectivity index (χ3n) is 1.37. The van der Waals surface area contributed by atoms with Gasteiger partial charge in [-0.3, -0.25) is 0 Å². The minimum atomic E-state index is 0. The maximum atomic E-state index is 5.32. The third-order valence-corrected chi connectivity index (χ3v) is 1.37. The van der Waals surface area contributed by atoms with Crippen molar-refractivity contribution in [2.45, 2.75) is 26.7 Å². The molecule has 0 heterocycles. The molecule has 11 heavy (non-hydrogen) atoms. The van der Waals surface area contributed by atoms with Gasteiger partial charge in [-0.15, -0.1) is 0 Å². The smallest absolute Gasteiger partial charge is 0.00369 e. The number of rotatable bonds is 7. The van der Waals surface area contributed by atoms with E-state index >= 15 is 0 Å². The second-order valence-electron chi connectivity index (χ2n) is 2.39. The van der Waals surface area contributed by atoms with Gasteiger partial charge in [0.1, 0.15) is 0 Å². The van der Waals surface area contributed by atoms with Gasteiger partial charge < -0.3 is 16.8 Å². The molecule has 0 aromatic rings. The molecule has 0 radical (unpaired) electrons. The molecule has 0 aliphatic carbocycles. The summed E-state index contributed by atoms with van der Waals surface area (Å²) in [6.45, 7) is 3.71. The van der Waals surface area contributed by atoms with E-state index in [9.17, 15) is 0 Å². The summed E-state index contributed by atoms with van der Waals surface area (Å²) in [5.41, 5.74) is 10.6. The van der Waals surface area contributed by atoms with Crippen LogP contribution in [0.5, 0.6) is 0 Å². The van der Waals surface area contributed by atoms with E-state index in [1.807, 2.05) is 0 Å². The molecule has 0 rings (SSSR count). The SMILES string of the molecule is C.NCCCCNCCCN. The fraction of sp³-hybridized carbons (Fsp3) is 1.00. The van der Waals surface area contributed by atoms with Crippen molar-refractivity contribution >= 4 is 0 Å². The Labute approximate surface area is 70.5 Å². The van der Waals surface area contributed by atoms with Crippen LogP contribution in [-0.2, 0) is 0 Å². The lowest BCUT2D eigenvalue weighted by molar-refractivity contribution is 0.611. The Kier molecular flexibility index (Phi) is 15.4. The molecule has 0 aliphatic heterocycles. The van der Waals surface area contributed by atoms with E-state index in [1.54, 1.807) is 0 Å². The highest BCUT2D eigenvalue weighted by molar-refractivity contribution is 4.49. The fourth-order valence-electron chi connectivity index (χ4n) is 0.746. The Morgan fingerprint density at radius 1 is 0.818 bits per heavy atom. The van der Waals surface area contributed by atoms with Crippen LogP contribution in [0.1, 0.15) is 26.7 Å². The fourth-order valence-corrected chi connectivity index (χ4v) is 0.746. The summed E-state index contributed by atoms with van der Waals surface area (Å²) in [5, 5.41) is 3.29. The summed E-state index contributed by atoms with van der Waals surface area (Å²) in [4.78, 5) is 0. The van der Waals surface area contributed by atoms with Gasteiger partial charge in [-0.1, -0.05) is 7.43 Å². The van der Waals surface area contributed by atoms with Gasteiger partial charge in [0.05, 0.1) is 0 Å². The number of unbranched alkanes of at least 4 members (excludes halogenated alkanes) is 1. The maximum absolute atomic E-state index is 5.32. The molecule has 3 nitrogen and oxygen atoms in total. The second kappa shape index (κ2) is 12.5. The average molecular weight is 161 g/mol. The predicted octanol–water partition coefficient (Wildman–Crippen LogP) is 0.300. The molecular weight excluding hydrogens is 138 g/mol. The van der Waals surface area contributed by atoms with Crippen LogP contribution in [0.3, 0.4) is 0 Å². The van der Waals surface area contributed by atoms with Gasteiger partial charge in [0.25, 0.3) is 0 Å². The van der Waals surface area contributed by atoms with Gasteiger partial charge in [0.2, 0.25) is 0 Å². The van der Waals surface area contributed by atoms with Crippen molar-refractivity contribution in [1.82, 2.24) is 5.32 Å². The number of nitrogens with one attached hydrogen (secondary N) is 1. The topological polar surface area (TPSA) is 64.1 Å². The highest BCUT2D eigenvalue weighted by atomic mass is 14.8. The first kappa shape index (κ1) is 13.5. The van der Waals surface area contributed by atoms with Crippen molar-refractivity contribution in [3.63, 3.8) is 0 Å². The molecule has 0 saturated heterocycles. The minimum absolute atomic E-state index is 0. The third kappa shape index (κ3) is 13.0. The van der Waals surface area contributed by atoms with Crippen molar-refractivity contribution in [2.75, 3.05) is 26.2 Å². The zero-order valence-electron chi connectivity index (χ0n) is 6.60. The number of hydrogen-bond acceptors (Lipinski definition) is 3. The zero-order chi connectivity index (χ0) is 7.66. The maximum Gasteiger partial charge on any atom is -0.00369 e. The quantitative estimate of drug-likeness (QED) is 0.471. The Bertz CT molecular complexity index is 49.3. The molecule has 70 valence electrons. The Balaban J connectivity index is 0. The van der Waals surface area contributed by atoms with Crippen molar-refractivity contribution in [3.8, 4) is 0 Å². The van der Waals surface area contributed by atoms with Crippen LogP contribution >= 0.6 is 0 Å². The molecule has 0 saturated carbocycles. The van der Waals surface area contributed by atoms with Crippen LogP contribution in [0.25, 0.3) is 0 Å². The van der Waals surface area contributed by atoms with E-state index in [0.29, 0.717) is 0 Å². The van der Waals surface area contributed by atoms with Crippen molar-refractivity contribution in [1.29, 1.82) is 0 Å². The lowest BCUT2D eigenvalue weighted by Crippen LogP contribution is -2.19. The Morgan fingerprint density at radius 3 is 1.91 bits per heavy atom. The first-order chi connectivity index (χ1) is 4.91. The molecule has 0 spiro atoms. The molecule has 0 amide bonds. The Hall–Kier alpha value is -0.120. The number of nitrogens with two attached hydrogens (primary N) is 2. The highest BCUT2D eigenvalue weighted by Crippen LogP contribution is 1.81. The van der Waals surface area contributed by atoms with Gasteiger partial charge in [-0.25, -0.2) is 0 Å². The molecule has 0 atom stereocenters. The zero-order valence-corrected chi connectivity index (χ0v) is 6.60. The second-order valence-corrected chi connectivity index (χ2v) is 2.39.